The van der Waals surface area contributed by atoms with Gasteiger partial charge in [0.15, 0.2) is 5.16 Å². The zero-order chi connectivity index (χ0) is 15.2. The van der Waals surface area contributed by atoms with Gasteiger partial charge in [-0.25, -0.2) is 9.97 Å². The second kappa shape index (κ2) is 7.84. The van der Waals surface area contributed by atoms with E-state index in [-0.39, 0.29) is 12.1 Å². The van der Waals surface area contributed by atoms with Gasteiger partial charge in [-0.15, -0.1) is 0 Å². The van der Waals surface area contributed by atoms with Gasteiger partial charge in [0.05, 0.1) is 12.1 Å². The Balaban J connectivity index is 2.19. The van der Waals surface area contributed by atoms with E-state index >= 15 is 0 Å². The van der Waals surface area contributed by atoms with Crippen LogP contribution in [-0.2, 0) is 0 Å². The van der Waals surface area contributed by atoms with Crippen LogP contribution in [-0.4, -0.2) is 47.1 Å². The molecule has 0 saturated heterocycles. The number of nitrogens with zero attached hydrogens (tertiary/aromatic N) is 3. The van der Waals surface area contributed by atoms with Crippen LogP contribution in [0.15, 0.2) is 11.2 Å². The lowest BCUT2D eigenvalue weighted by atomic mass is 9.91. The molecule has 0 bridgehead atoms. The molecule has 21 heavy (non-hydrogen) atoms. The van der Waals surface area contributed by atoms with Crippen molar-refractivity contribution in [2.45, 2.75) is 56.3 Å². The molecule has 1 heterocycles. The molecule has 1 aliphatic rings. The van der Waals surface area contributed by atoms with E-state index in [0.29, 0.717) is 0 Å². The molecule has 5 nitrogen and oxygen atoms in total. The molecular formula is C15H26N4OS. The first-order valence-electron chi connectivity index (χ1n) is 7.73. The number of hydrogen-bond acceptors (Lipinski definition) is 6. The minimum atomic E-state index is -0.261. The number of aliphatic hydroxyl groups excluding tert-OH is 1. The largest absolute Gasteiger partial charge is 0.391 e. The van der Waals surface area contributed by atoms with Gasteiger partial charge in [0, 0.05) is 19.7 Å². The Kier molecular flexibility index (Phi) is 6.11. The Morgan fingerprint density at radius 3 is 2.81 bits per heavy atom. The number of anilines is 2. The van der Waals surface area contributed by atoms with Gasteiger partial charge in [-0.1, -0.05) is 31.5 Å². The fourth-order valence-electron chi connectivity index (χ4n) is 2.74. The molecule has 0 spiro atoms. The van der Waals surface area contributed by atoms with Gasteiger partial charge >= 0.3 is 0 Å². The molecule has 0 aromatic carbocycles. The molecule has 118 valence electrons. The molecule has 1 aromatic rings. The van der Waals surface area contributed by atoms with Crippen LogP contribution >= 0.6 is 11.8 Å². The third-order valence-electron chi connectivity index (χ3n) is 3.98. The highest BCUT2D eigenvalue weighted by Crippen LogP contribution is 2.27. The van der Waals surface area contributed by atoms with Gasteiger partial charge in [0.25, 0.3) is 0 Å². The van der Waals surface area contributed by atoms with E-state index in [9.17, 15) is 5.11 Å². The van der Waals surface area contributed by atoms with Crippen molar-refractivity contribution in [3.8, 4) is 0 Å². The molecule has 1 fully saturated rings. The van der Waals surface area contributed by atoms with E-state index in [1.807, 2.05) is 19.4 Å². The maximum absolute atomic E-state index is 10.2. The number of rotatable bonds is 6. The molecule has 0 amide bonds. The van der Waals surface area contributed by atoms with Crippen LogP contribution in [0.25, 0.3) is 0 Å². The molecule has 2 N–H and O–H groups in total. The minimum absolute atomic E-state index is 0.155. The van der Waals surface area contributed by atoms with Crippen molar-refractivity contribution in [3.05, 3.63) is 6.07 Å². The Labute approximate surface area is 131 Å². The molecule has 2 atom stereocenters. The Hall–Kier alpha value is -1.01. The number of thioether (sulfide) groups is 1. The van der Waals surface area contributed by atoms with Gasteiger partial charge in [0.2, 0.25) is 0 Å². The third kappa shape index (κ3) is 4.23. The second-order valence-corrected chi connectivity index (χ2v) is 6.33. The van der Waals surface area contributed by atoms with Gasteiger partial charge in [-0.3, -0.25) is 0 Å². The standard InChI is InChI=1S/C15H26N4OS/c1-4-9-16-13-10-14(18-15(17-13)21-3)19(2)11-7-5-6-8-12(11)20/h10-12,20H,4-9H2,1-3H3,(H,16,17,18). The lowest BCUT2D eigenvalue weighted by molar-refractivity contribution is 0.106. The van der Waals surface area contributed by atoms with Crippen LogP contribution in [0.3, 0.4) is 0 Å². The lowest BCUT2D eigenvalue weighted by Crippen LogP contribution is -2.43. The Morgan fingerprint density at radius 1 is 1.38 bits per heavy atom. The number of hydrogen-bond donors (Lipinski definition) is 2. The smallest absolute Gasteiger partial charge is 0.191 e. The summed E-state index contributed by atoms with van der Waals surface area (Å²) in [5.41, 5.74) is 0. The summed E-state index contributed by atoms with van der Waals surface area (Å²) in [5.74, 6) is 1.75. The maximum Gasteiger partial charge on any atom is 0.191 e. The zero-order valence-electron chi connectivity index (χ0n) is 13.2. The summed E-state index contributed by atoms with van der Waals surface area (Å²) in [5, 5.41) is 14.3. The van der Waals surface area contributed by atoms with E-state index in [1.165, 1.54) is 6.42 Å². The summed E-state index contributed by atoms with van der Waals surface area (Å²) in [4.78, 5) is 11.2. The highest BCUT2D eigenvalue weighted by atomic mass is 32.2. The van der Waals surface area contributed by atoms with Crippen molar-refractivity contribution in [2.24, 2.45) is 0 Å². The van der Waals surface area contributed by atoms with Crippen LogP contribution in [0, 0.1) is 0 Å². The van der Waals surface area contributed by atoms with Crippen LogP contribution in [0.4, 0.5) is 11.6 Å². The third-order valence-corrected chi connectivity index (χ3v) is 4.53. The first-order valence-corrected chi connectivity index (χ1v) is 8.96. The van der Waals surface area contributed by atoms with Crippen LogP contribution in [0.1, 0.15) is 39.0 Å². The van der Waals surface area contributed by atoms with Crippen LogP contribution in [0.2, 0.25) is 0 Å². The first kappa shape index (κ1) is 16.4. The monoisotopic (exact) mass is 310 g/mol. The van der Waals surface area contributed by atoms with Crippen molar-refractivity contribution in [1.29, 1.82) is 0 Å². The summed E-state index contributed by atoms with van der Waals surface area (Å²) in [6.07, 6.45) is 6.99. The fourth-order valence-corrected chi connectivity index (χ4v) is 3.12. The summed E-state index contributed by atoms with van der Waals surface area (Å²) in [7, 11) is 2.02. The van der Waals surface area contributed by atoms with E-state index in [0.717, 1.165) is 49.0 Å². The molecule has 0 radical (unpaired) electrons. The summed E-state index contributed by atoms with van der Waals surface area (Å²) < 4.78 is 0. The minimum Gasteiger partial charge on any atom is -0.391 e. The van der Waals surface area contributed by atoms with Crippen LogP contribution < -0.4 is 10.2 Å². The second-order valence-electron chi connectivity index (χ2n) is 5.55. The highest BCUT2D eigenvalue weighted by molar-refractivity contribution is 7.98. The van der Waals surface area contributed by atoms with Gasteiger partial charge in [-0.05, 0) is 25.5 Å². The molecule has 1 saturated carbocycles. The van der Waals surface area contributed by atoms with Crippen molar-refractivity contribution >= 4 is 23.4 Å². The summed E-state index contributed by atoms with van der Waals surface area (Å²) in [6.45, 7) is 3.04. The van der Waals surface area contributed by atoms with Crippen molar-refractivity contribution in [1.82, 2.24) is 9.97 Å². The topological polar surface area (TPSA) is 61.3 Å². The van der Waals surface area contributed by atoms with E-state index in [2.05, 4.69) is 27.1 Å². The zero-order valence-corrected chi connectivity index (χ0v) is 14.0. The van der Waals surface area contributed by atoms with E-state index in [4.69, 9.17) is 0 Å². The molecule has 6 heteroatoms. The summed E-state index contributed by atoms with van der Waals surface area (Å²) >= 11 is 1.54. The molecule has 2 unspecified atom stereocenters. The quantitative estimate of drug-likeness (QED) is 0.622. The maximum atomic E-state index is 10.2. The number of aromatic nitrogens is 2. The molecule has 2 rings (SSSR count). The number of aliphatic hydroxyl groups is 1. The Bertz CT molecular complexity index is 457. The molecular weight excluding hydrogens is 284 g/mol. The van der Waals surface area contributed by atoms with Crippen molar-refractivity contribution in [3.63, 3.8) is 0 Å². The van der Waals surface area contributed by atoms with Crippen LogP contribution in [0.5, 0.6) is 0 Å². The number of nitrogens with one attached hydrogen (secondary N) is 1. The summed E-state index contributed by atoms with van der Waals surface area (Å²) in [6, 6.07) is 2.14. The predicted octanol–water partition coefficient (Wildman–Crippen LogP) is 2.76. The SMILES string of the molecule is CCCNc1cc(N(C)C2CCCCC2O)nc(SC)n1. The van der Waals surface area contributed by atoms with Crippen molar-refractivity contribution < 1.29 is 5.11 Å². The first-order chi connectivity index (χ1) is 10.2. The predicted molar refractivity (Wildman–Crippen MR) is 89.3 cm³/mol. The lowest BCUT2D eigenvalue weighted by Gasteiger charge is -2.36. The average molecular weight is 310 g/mol. The average Bonchev–Trinajstić information content (AvgIpc) is 2.52. The number of likely N-dealkylation sites (N-methyl/N-ethyl adjacent to an activating group) is 1. The van der Waals surface area contributed by atoms with E-state index in [1.54, 1.807) is 11.8 Å². The van der Waals surface area contributed by atoms with E-state index < -0.39 is 0 Å². The molecule has 1 aromatic heterocycles. The van der Waals surface area contributed by atoms with Crippen molar-refractivity contribution in [2.75, 3.05) is 30.1 Å². The molecule has 0 aliphatic heterocycles. The Morgan fingerprint density at radius 2 is 2.14 bits per heavy atom. The highest BCUT2D eigenvalue weighted by Gasteiger charge is 2.27. The normalized spacial score (nSPS) is 22.1. The van der Waals surface area contributed by atoms with Gasteiger partial charge < -0.3 is 15.3 Å². The van der Waals surface area contributed by atoms with Gasteiger partial charge in [-0.2, -0.15) is 0 Å². The molecule has 1 aliphatic carbocycles. The fraction of sp³-hybridized carbons (Fsp3) is 0.733. The van der Waals surface area contributed by atoms with Gasteiger partial charge in [0.1, 0.15) is 11.6 Å².